The number of aliphatic carboxylic acids is 1. The number of rotatable bonds is 1. The Hall–Kier alpha value is -1.30. The number of carbonyl (C=O) groups is 2. The van der Waals surface area contributed by atoms with E-state index in [0.29, 0.717) is 13.1 Å². The molecule has 6 heteroatoms. The van der Waals surface area contributed by atoms with Crippen LogP contribution in [0.5, 0.6) is 0 Å². The van der Waals surface area contributed by atoms with Crippen LogP contribution in [0.25, 0.3) is 0 Å². The Morgan fingerprint density at radius 1 is 1.19 bits per heavy atom. The number of aliphatic hydroxyl groups excluding tert-OH is 1. The van der Waals surface area contributed by atoms with Gasteiger partial charge >= 0.3 is 12.0 Å². The second-order valence-corrected chi connectivity index (χ2v) is 4.37. The van der Waals surface area contributed by atoms with E-state index in [1.54, 1.807) is 4.90 Å². The molecule has 0 saturated carbocycles. The minimum Gasteiger partial charge on any atom is -0.480 e. The van der Waals surface area contributed by atoms with Gasteiger partial charge in [0.1, 0.15) is 6.04 Å². The number of hydrogen-bond donors (Lipinski definition) is 2. The minimum absolute atomic E-state index is 0.131. The standard InChI is InChI=1S/C10H16N2O4/c13-7-5-8(9(14)15)12(6-7)10(16)11-3-1-2-4-11/h7-8,13H,1-6H2,(H,14,15)/t7?,8-/m0/s1. The summed E-state index contributed by atoms with van der Waals surface area (Å²) in [6.45, 7) is 1.52. The van der Waals surface area contributed by atoms with Crippen molar-refractivity contribution >= 4 is 12.0 Å². The summed E-state index contributed by atoms with van der Waals surface area (Å²) in [5.41, 5.74) is 0. The van der Waals surface area contributed by atoms with Crippen LogP contribution in [-0.4, -0.2) is 63.8 Å². The molecule has 2 fully saturated rings. The number of carbonyl (C=O) groups excluding carboxylic acids is 1. The van der Waals surface area contributed by atoms with Crippen LogP contribution in [0.15, 0.2) is 0 Å². The first kappa shape index (κ1) is 11.2. The van der Waals surface area contributed by atoms with E-state index >= 15 is 0 Å². The lowest BCUT2D eigenvalue weighted by molar-refractivity contribution is -0.141. The van der Waals surface area contributed by atoms with Crippen LogP contribution in [0.3, 0.4) is 0 Å². The number of carboxylic acid groups (broad SMARTS) is 1. The number of nitrogens with zero attached hydrogens (tertiary/aromatic N) is 2. The highest BCUT2D eigenvalue weighted by molar-refractivity contribution is 5.83. The van der Waals surface area contributed by atoms with Crippen molar-refractivity contribution in [1.82, 2.24) is 9.80 Å². The lowest BCUT2D eigenvalue weighted by Crippen LogP contribution is -2.47. The Labute approximate surface area is 93.4 Å². The Morgan fingerprint density at radius 2 is 1.81 bits per heavy atom. The van der Waals surface area contributed by atoms with Gasteiger partial charge < -0.3 is 20.0 Å². The second-order valence-electron chi connectivity index (χ2n) is 4.37. The molecule has 0 spiro atoms. The Bertz CT molecular complexity index is 301. The summed E-state index contributed by atoms with van der Waals surface area (Å²) in [4.78, 5) is 25.9. The van der Waals surface area contributed by atoms with E-state index in [4.69, 9.17) is 5.11 Å². The molecule has 2 atom stereocenters. The molecule has 1 unspecified atom stereocenters. The lowest BCUT2D eigenvalue weighted by atomic mass is 10.2. The largest absolute Gasteiger partial charge is 0.480 e. The highest BCUT2D eigenvalue weighted by Crippen LogP contribution is 2.21. The summed E-state index contributed by atoms with van der Waals surface area (Å²) in [6, 6.07) is -1.12. The number of amides is 2. The van der Waals surface area contributed by atoms with Crippen molar-refractivity contribution in [2.75, 3.05) is 19.6 Å². The molecule has 0 aliphatic carbocycles. The zero-order chi connectivity index (χ0) is 11.7. The van der Waals surface area contributed by atoms with Crippen LogP contribution in [0.2, 0.25) is 0 Å². The third-order valence-electron chi connectivity index (χ3n) is 3.19. The molecule has 0 aromatic heterocycles. The second kappa shape index (κ2) is 4.29. The monoisotopic (exact) mass is 228 g/mol. The Morgan fingerprint density at radius 3 is 2.38 bits per heavy atom. The smallest absolute Gasteiger partial charge is 0.326 e. The van der Waals surface area contributed by atoms with E-state index in [-0.39, 0.29) is 19.0 Å². The molecule has 0 aromatic rings. The predicted molar refractivity (Wildman–Crippen MR) is 55.0 cm³/mol. The molecule has 6 nitrogen and oxygen atoms in total. The molecule has 90 valence electrons. The van der Waals surface area contributed by atoms with Crippen LogP contribution in [0, 0.1) is 0 Å². The third kappa shape index (κ3) is 1.97. The molecule has 2 amide bonds. The maximum atomic E-state index is 12.0. The minimum atomic E-state index is -1.04. The van der Waals surface area contributed by atoms with Gasteiger partial charge in [-0.15, -0.1) is 0 Å². The van der Waals surface area contributed by atoms with E-state index in [1.165, 1.54) is 4.90 Å². The van der Waals surface area contributed by atoms with Crippen LogP contribution in [0.1, 0.15) is 19.3 Å². The van der Waals surface area contributed by atoms with E-state index < -0.39 is 18.1 Å². The Balaban J connectivity index is 2.06. The van der Waals surface area contributed by atoms with Gasteiger partial charge in [-0.1, -0.05) is 0 Å². The van der Waals surface area contributed by atoms with Crippen LogP contribution < -0.4 is 0 Å². The highest BCUT2D eigenvalue weighted by Gasteiger charge is 2.40. The van der Waals surface area contributed by atoms with Crippen molar-refractivity contribution in [2.45, 2.75) is 31.4 Å². The molecule has 2 aliphatic rings. The molecule has 16 heavy (non-hydrogen) atoms. The third-order valence-corrected chi connectivity index (χ3v) is 3.19. The van der Waals surface area contributed by atoms with Crippen LogP contribution >= 0.6 is 0 Å². The summed E-state index contributed by atoms with van der Waals surface area (Å²) in [6.07, 6.45) is 1.36. The number of urea groups is 1. The average molecular weight is 228 g/mol. The van der Waals surface area contributed by atoms with Gasteiger partial charge in [0, 0.05) is 26.1 Å². The van der Waals surface area contributed by atoms with Gasteiger partial charge in [0.15, 0.2) is 0 Å². The molecule has 2 heterocycles. The first-order chi connectivity index (χ1) is 7.59. The zero-order valence-corrected chi connectivity index (χ0v) is 9.00. The molecule has 2 N–H and O–H groups in total. The average Bonchev–Trinajstić information content (AvgIpc) is 2.84. The normalized spacial score (nSPS) is 29.8. The number of aliphatic hydroxyl groups is 1. The van der Waals surface area contributed by atoms with Gasteiger partial charge in [0.2, 0.25) is 0 Å². The Kier molecular flexibility index (Phi) is 3.00. The van der Waals surface area contributed by atoms with Gasteiger partial charge in [-0.3, -0.25) is 0 Å². The van der Waals surface area contributed by atoms with Crippen molar-refractivity contribution in [1.29, 1.82) is 0 Å². The van der Waals surface area contributed by atoms with Crippen molar-refractivity contribution in [3.8, 4) is 0 Å². The zero-order valence-electron chi connectivity index (χ0n) is 9.00. The number of carboxylic acids is 1. The van der Waals surface area contributed by atoms with Gasteiger partial charge in [0.05, 0.1) is 6.10 Å². The van der Waals surface area contributed by atoms with Crippen molar-refractivity contribution in [3.63, 3.8) is 0 Å². The SMILES string of the molecule is O=C(O)[C@@H]1CC(O)CN1C(=O)N1CCCC1. The van der Waals surface area contributed by atoms with Gasteiger partial charge in [0.25, 0.3) is 0 Å². The van der Waals surface area contributed by atoms with Crippen LogP contribution in [0.4, 0.5) is 4.79 Å². The molecule has 2 rings (SSSR count). The number of β-amino-alcohol motifs (C(OH)–C–C–N with tert-alkyl or cyclic N) is 1. The van der Waals surface area contributed by atoms with Crippen LogP contribution in [-0.2, 0) is 4.79 Å². The van der Waals surface area contributed by atoms with E-state index in [1.807, 2.05) is 0 Å². The van der Waals surface area contributed by atoms with Gasteiger partial charge in [-0.2, -0.15) is 0 Å². The topological polar surface area (TPSA) is 81.1 Å². The quantitative estimate of drug-likeness (QED) is 0.647. The summed E-state index contributed by atoms with van der Waals surface area (Å²) in [5.74, 6) is -1.04. The fourth-order valence-electron chi connectivity index (χ4n) is 2.35. The molecule has 2 saturated heterocycles. The van der Waals surface area contributed by atoms with Crippen molar-refractivity contribution < 1.29 is 19.8 Å². The summed E-state index contributed by atoms with van der Waals surface area (Å²) < 4.78 is 0. The molecule has 0 bridgehead atoms. The summed E-state index contributed by atoms with van der Waals surface area (Å²) >= 11 is 0. The van der Waals surface area contributed by atoms with Crippen molar-refractivity contribution in [2.24, 2.45) is 0 Å². The summed E-state index contributed by atoms with van der Waals surface area (Å²) in [7, 11) is 0. The first-order valence-corrected chi connectivity index (χ1v) is 5.56. The fourth-order valence-corrected chi connectivity index (χ4v) is 2.35. The number of likely N-dealkylation sites (tertiary alicyclic amines) is 2. The van der Waals surface area contributed by atoms with E-state index in [9.17, 15) is 14.7 Å². The molecular weight excluding hydrogens is 212 g/mol. The first-order valence-electron chi connectivity index (χ1n) is 5.56. The molecule has 0 radical (unpaired) electrons. The van der Waals surface area contributed by atoms with Crippen molar-refractivity contribution in [3.05, 3.63) is 0 Å². The summed E-state index contributed by atoms with van der Waals surface area (Å²) in [5, 5.41) is 18.4. The van der Waals surface area contributed by atoms with Gasteiger partial charge in [-0.05, 0) is 12.8 Å². The highest BCUT2D eigenvalue weighted by atomic mass is 16.4. The molecular formula is C10H16N2O4. The van der Waals surface area contributed by atoms with Gasteiger partial charge in [-0.25, -0.2) is 9.59 Å². The predicted octanol–water partition coefficient (Wildman–Crippen LogP) is -0.278. The molecule has 0 aromatic carbocycles. The lowest BCUT2D eigenvalue weighted by Gasteiger charge is -2.26. The van der Waals surface area contributed by atoms with E-state index in [0.717, 1.165) is 12.8 Å². The maximum absolute atomic E-state index is 12.0. The molecule has 2 aliphatic heterocycles. The number of hydrogen-bond acceptors (Lipinski definition) is 3. The maximum Gasteiger partial charge on any atom is 0.326 e. The van der Waals surface area contributed by atoms with E-state index in [2.05, 4.69) is 0 Å². The fraction of sp³-hybridized carbons (Fsp3) is 0.800.